The molecule has 0 atom stereocenters. The standard InChI is InChI=1S/C12H9BrClFN2/c1-7-4-9(6-14)17-12(16-7)10-3-2-8(15)5-11(10)13/h2-5H,6H2,1H3. The highest BCUT2D eigenvalue weighted by Crippen LogP contribution is 2.26. The summed E-state index contributed by atoms with van der Waals surface area (Å²) in [6.07, 6.45) is 0. The smallest absolute Gasteiger partial charge is 0.160 e. The van der Waals surface area contributed by atoms with Crippen LogP contribution >= 0.6 is 27.5 Å². The fraction of sp³-hybridized carbons (Fsp3) is 0.167. The molecule has 1 heterocycles. The van der Waals surface area contributed by atoms with Crippen LogP contribution in [-0.2, 0) is 5.88 Å². The Morgan fingerprint density at radius 3 is 2.71 bits per heavy atom. The first-order chi connectivity index (χ1) is 8.10. The largest absolute Gasteiger partial charge is 0.233 e. The molecule has 2 aromatic rings. The molecule has 0 aliphatic rings. The topological polar surface area (TPSA) is 25.8 Å². The van der Waals surface area contributed by atoms with Gasteiger partial charge in [-0.2, -0.15) is 0 Å². The molecule has 0 saturated heterocycles. The zero-order valence-electron chi connectivity index (χ0n) is 9.04. The van der Waals surface area contributed by atoms with Crippen LogP contribution in [0.3, 0.4) is 0 Å². The molecule has 1 aromatic heterocycles. The predicted octanol–water partition coefficient (Wildman–Crippen LogP) is 4.09. The number of hydrogen-bond donors (Lipinski definition) is 0. The maximum absolute atomic E-state index is 13.0. The van der Waals surface area contributed by atoms with Crippen molar-refractivity contribution < 1.29 is 4.39 Å². The minimum Gasteiger partial charge on any atom is -0.233 e. The van der Waals surface area contributed by atoms with Crippen LogP contribution in [0.25, 0.3) is 11.4 Å². The molecule has 2 nitrogen and oxygen atoms in total. The van der Waals surface area contributed by atoms with Gasteiger partial charge in [0.1, 0.15) is 5.82 Å². The second kappa shape index (κ2) is 5.10. The van der Waals surface area contributed by atoms with Crippen LogP contribution < -0.4 is 0 Å². The number of alkyl halides is 1. The summed E-state index contributed by atoms with van der Waals surface area (Å²) in [6, 6.07) is 6.24. The van der Waals surface area contributed by atoms with E-state index in [2.05, 4.69) is 25.9 Å². The molecular formula is C12H9BrClFN2. The van der Waals surface area contributed by atoms with Crippen LogP contribution in [0.5, 0.6) is 0 Å². The van der Waals surface area contributed by atoms with Gasteiger partial charge >= 0.3 is 0 Å². The summed E-state index contributed by atoms with van der Waals surface area (Å²) in [4.78, 5) is 8.64. The van der Waals surface area contributed by atoms with Gasteiger partial charge < -0.3 is 0 Å². The Bertz CT molecular complexity index is 560. The van der Waals surface area contributed by atoms with Gasteiger partial charge in [-0.25, -0.2) is 14.4 Å². The Morgan fingerprint density at radius 1 is 1.29 bits per heavy atom. The Kier molecular flexibility index (Phi) is 3.74. The average molecular weight is 316 g/mol. The lowest BCUT2D eigenvalue weighted by Crippen LogP contribution is -1.97. The summed E-state index contributed by atoms with van der Waals surface area (Å²) in [5.41, 5.74) is 2.34. The van der Waals surface area contributed by atoms with Gasteiger partial charge in [0.2, 0.25) is 0 Å². The SMILES string of the molecule is Cc1cc(CCl)nc(-c2ccc(F)cc2Br)n1. The number of hydrogen-bond acceptors (Lipinski definition) is 2. The van der Waals surface area contributed by atoms with Gasteiger partial charge in [0.15, 0.2) is 5.82 Å². The van der Waals surface area contributed by atoms with Gasteiger partial charge in [0, 0.05) is 15.7 Å². The van der Waals surface area contributed by atoms with Gasteiger partial charge in [-0.15, -0.1) is 11.6 Å². The number of aromatic nitrogens is 2. The van der Waals surface area contributed by atoms with Crippen LogP contribution in [0.15, 0.2) is 28.7 Å². The third-order valence-electron chi connectivity index (χ3n) is 2.22. The molecule has 0 N–H and O–H groups in total. The van der Waals surface area contributed by atoms with Crippen molar-refractivity contribution in [1.82, 2.24) is 9.97 Å². The normalized spacial score (nSPS) is 10.6. The van der Waals surface area contributed by atoms with E-state index in [1.54, 1.807) is 6.07 Å². The number of benzene rings is 1. The molecule has 0 unspecified atom stereocenters. The molecule has 0 aliphatic carbocycles. The van der Waals surface area contributed by atoms with Gasteiger partial charge in [0.05, 0.1) is 11.6 Å². The average Bonchev–Trinajstić information content (AvgIpc) is 2.28. The Hall–Kier alpha value is -1.000. The minimum absolute atomic E-state index is 0.300. The Balaban J connectivity index is 2.55. The van der Waals surface area contributed by atoms with Crippen molar-refractivity contribution in [2.24, 2.45) is 0 Å². The monoisotopic (exact) mass is 314 g/mol. The predicted molar refractivity (Wildman–Crippen MR) is 69.4 cm³/mol. The molecule has 0 bridgehead atoms. The second-order valence-electron chi connectivity index (χ2n) is 3.58. The molecule has 88 valence electrons. The third-order valence-corrected chi connectivity index (χ3v) is 3.15. The highest BCUT2D eigenvalue weighted by atomic mass is 79.9. The Morgan fingerprint density at radius 2 is 2.06 bits per heavy atom. The molecule has 0 radical (unpaired) electrons. The van der Waals surface area contributed by atoms with Crippen molar-refractivity contribution in [2.75, 3.05) is 0 Å². The summed E-state index contributed by atoms with van der Waals surface area (Å²) in [6.45, 7) is 1.87. The fourth-order valence-corrected chi connectivity index (χ4v) is 2.16. The summed E-state index contributed by atoms with van der Waals surface area (Å²) in [5.74, 6) is 0.577. The number of halogens is 3. The van der Waals surface area contributed by atoms with Crippen LogP contribution in [0.4, 0.5) is 4.39 Å². The lowest BCUT2D eigenvalue weighted by molar-refractivity contribution is 0.627. The maximum Gasteiger partial charge on any atom is 0.160 e. The van der Waals surface area contributed by atoms with E-state index in [-0.39, 0.29) is 5.82 Å². The zero-order chi connectivity index (χ0) is 12.4. The van der Waals surface area contributed by atoms with E-state index < -0.39 is 0 Å². The summed E-state index contributed by atoms with van der Waals surface area (Å²) >= 11 is 9.06. The van der Waals surface area contributed by atoms with Crippen LogP contribution in [0.1, 0.15) is 11.4 Å². The van der Waals surface area contributed by atoms with Gasteiger partial charge in [-0.3, -0.25) is 0 Å². The molecule has 2 rings (SSSR count). The molecule has 0 saturated carbocycles. The quantitative estimate of drug-likeness (QED) is 0.780. The van der Waals surface area contributed by atoms with Crippen LogP contribution in [0.2, 0.25) is 0 Å². The van der Waals surface area contributed by atoms with Crippen molar-refractivity contribution in [3.8, 4) is 11.4 Å². The number of rotatable bonds is 2. The van der Waals surface area contributed by atoms with Gasteiger partial charge in [-0.1, -0.05) is 0 Å². The van der Waals surface area contributed by atoms with E-state index in [9.17, 15) is 4.39 Å². The van der Waals surface area contributed by atoms with Crippen molar-refractivity contribution >= 4 is 27.5 Å². The first kappa shape index (κ1) is 12.5. The van der Waals surface area contributed by atoms with Gasteiger partial charge in [-0.05, 0) is 47.1 Å². The van der Waals surface area contributed by atoms with E-state index in [0.717, 1.165) is 17.0 Å². The van der Waals surface area contributed by atoms with E-state index in [1.165, 1.54) is 12.1 Å². The third kappa shape index (κ3) is 2.82. The molecule has 0 aliphatic heterocycles. The highest BCUT2D eigenvalue weighted by molar-refractivity contribution is 9.10. The first-order valence-electron chi connectivity index (χ1n) is 4.96. The molecular weight excluding hydrogens is 307 g/mol. The summed E-state index contributed by atoms with van der Waals surface area (Å²) in [7, 11) is 0. The summed E-state index contributed by atoms with van der Waals surface area (Å²) < 4.78 is 13.6. The van der Waals surface area contributed by atoms with Crippen molar-refractivity contribution in [2.45, 2.75) is 12.8 Å². The Labute approximate surface area is 112 Å². The van der Waals surface area contributed by atoms with Crippen LogP contribution in [-0.4, -0.2) is 9.97 Å². The van der Waals surface area contributed by atoms with E-state index in [0.29, 0.717) is 16.2 Å². The molecule has 0 amide bonds. The van der Waals surface area contributed by atoms with Crippen molar-refractivity contribution in [3.63, 3.8) is 0 Å². The number of nitrogens with zero attached hydrogens (tertiary/aromatic N) is 2. The lowest BCUT2D eigenvalue weighted by Gasteiger charge is -2.06. The van der Waals surface area contributed by atoms with Crippen LogP contribution in [0, 0.1) is 12.7 Å². The van der Waals surface area contributed by atoms with Gasteiger partial charge in [0.25, 0.3) is 0 Å². The fourth-order valence-electron chi connectivity index (χ4n) is 1.49. The maximum atomic E-state index is 13.0. The molecule has 0 spiro atoms. The number of aryl methyl sites for hydroxylation is 1. The molecule has 0 fully saturated rings. The van der Waals surface area contributed by atoms with Crippen molar-refractivity contribution in [3.05, 3.63) is 45.9 Å². The van der Waals surface area contributed by atoms with E-state index in [1.807, 2.05) is 13.0 Å². The molecule has 5 heteroatoms. The lowest BCUT2D eigenvalue weighted by atomic mass is 10.2. The second-order valence-corrected chi connectivity index (χ2v) is 4.70. The highest BCUT2D eigenvalue weighted by Gasteiger charge is 2.09. The van der Waals surface area contributed by atoms with Crippen molar-refractivity contribution in [1.29, 1.82) is 0 Å². The van der Waals surface area contributed by atoms with E-state index >= 15 is 0 Å². The zero-order valence-corrected chi connectivity index (χ0v) is 11.4. The summed E-state index contributed by atoms with van der Waals surface area (Å²) in [5, 5.41) is 0. The molecule has 17 heavy (non-hydrogen) atoms. The first-order valence-corrected chi connectivity index (χ1v) is 6.29. The minimum atomic E-state index is -0.300. The van der Waals surface area contributed by atoms with E-state index in [4.69, 9.17) is 11.6 Å². The molecule has 1 aromatic carbocycles.